The van der Waals surface area contributed by atoms with Crippen LogP contribution in [-0.2, 0) is 0 Å². The number of aromatic nitrogens is 2. The van der Waals surface area contributed by atoms with E-state index in [0.29, 0.717) is 6.04 Å². The van der Waals surface area contributed by atoms with Crippen molar-refractivity contribution in [1.82, 2.24) is 19.2 Å². The molecule has 0 saturated carbocycles. The summed E-state index contributed by atoms with van der Waals surface area (Å²) in [5.74, 6) is 1.01. The van der Waals surface area contributed by atoms with Gasteiger partial charge in [-0.05, 0) is 68.9 Å². The molecule has 1 aliphatic heterocycles. The molecule has 4 heterocycles. The summed E-state index contributed by atoms with van der Waals surface area (Å²) in [5, 5.41) is 5.77. The lowest BCUT2D eigenvalue weighted by Crippen LogP contribution is -2.48. The Labute approximate surface area is 178 Å². The van der Waals surface area contributed by atoms with Gasteiger partial charge < -0.3 is 14.6 Å². The normalized spacial score (nSPS) is 18.2. The SMILES string of the molecule is CCCN(CCC)CC1CCCCN1CCNc1nc2ccsc2n2cccc12. The maximum absolute atomic E-state index is 4.89. The summed E-state index contributed by atoms with van der Waals surface area (Å²) in [6.07, 6.45) is 8.68. The first-order valence-corrected chi connectivity index (χ1v) is 12.2. The Kier molecular flexibility index (Phi) is 7.06. The van der Waals surface area contributed by atoms with E-state index >= 15 is 0 Å². The van der Waals surface area contributed by atoms with Crippen molar-refractivity contribution >= 4 is 33.0 Å². The van der Waals surface area contributed by atoms with Gasteiger partial charge in [-0.3, -0.25) is 4.90 Å². The molecule has 1 aliphatic rings. The van der Waals surface area contributed by atoms with Gasteiger partial charge in [-0.1, -0.05) is 20.3 Å². The highest BCUT2D eigenvalue weighted by Crippen LogP contribution is 2.26. The molecule has 0 aromatic carbocycles. The Morgan fingerprint density at radius 2 is 2.07 bits per heavy atom. The van der Waals surface area contributed by atoms with Gasteiger partial charge in [0, 0.05) is 31.9 Å². The highest BCUT2D eigenvalue weighted by Gasteiger charge is 2.24. The fraction of sp³-hybridized carbons (Fsp3) is 0.609. The van der Waals surface area contributed by atoms with Gasteiger partial charge in [0.2, 0.25) is 0 Å². The number of rotatable bonds is 10. The second-order valence-electron chi connectivity index (χ2n) is 8.25. The molecule has 5 nitrogen and oxygen atoms in total. The summed E-state index contributed by atoms with van der Waals surface area (Å²) in [6, 6.07) is 7.08. The van der Waals surface area contributed by atoms with E-state index in [1.807, 2.05) is 0 Å². The zero-order valence-corrected chi connectivity index (χ0v) is 18.8. The minimum Gasteiger partial charge on any atom is -0.367 e. The zero-order valence-electron chi connectivity index (χ0n) is 17.9. The van der Waals surface area contributed by atoms with Crippen molar-refractivity contribution in [2.24, 2.45) is 0 Å². The van der Waals surface area contributed by atoms with Crippen LogP contribution in [0.4, 0.5) is 5.82 Å². The zero-order chi connectivity index (χ0) is 20.1. The van der Waals surface area contributed by atoms with Crippen molar-refractivity contribution in [3.8, 4) is 0 Å². The lowest BCUT2D eigenvalue weighted by Gasteiger charge is -2.38. The molecule has 0 spiro atoms. The molecule has 158 valence electrons. The molecule has 3 aromatic rings. The Balaban J connectivity index is 1.39. The Morgan fingerprint density at radius 3 is 2.90 bits per heavy atom. The molecule has 6 heteroatoms. The first-order valence-electron chi connectivity index (χ1n) is 11.3. The molecule has 0 bridgehead atoms. The molecule has 0 amide bonds. The van der Waals surface area contributed by atoms with E-state index in [1.54, 1.807) is 11.3 Å². The first-order chi connectivity index (χ1) is 14.3. The monoisotopic (exact) mass is 413 g/mol. The van der Waals surface area contributed by atoms with E-state index in [2.05, 4.69) is 63.1 Å². The average Bonchev–Trinajstić information content (AvgIpc) is 3.38. The van der Waals surface area contributed by atoms with Gasteiger partial charge in [-0.2, -0.15) is 0 Å². The number of nitrogens with one attached hydrogen (secondary N) is 1. The molecule has 0 aliphatic carbocycles. The van der Waals surface area contributed by atoms with Crippen LogP contribution >= 0.6 is 11.3 Å². The smallest absolute Gasteiger partial charge is 0.151 e. The number of nitrogens with zero attached hydrogens (tertiary/aromatic N) is 4. The number of thiophene rings is 1. The van der Waals surface area contributed by atoms with Gasteiger partial charge in [0.05, 0.1) is 5.52 Å². The second-order valence-corrected chi connectivity index (χ2v) is 9.14. The maximum Gasteiger partial charge on any atom is 0.151 e. The van der Waals surface area contributed by atoms with Crippen LogP contribution in [0.5, 0.6) is 0 Å². The van der Waals surface area contributed by atoms with Crippen LogP contribution in [0.1, 0.15) is 46.0 Å². The topological polar surface area (TPSA) is 35.8 Å². The molecule has 1 unspecified atom stereocenters. The lowest BCUT2D eigenvalue weighted by molar-refractivity contribution is 0.108. The summed E-state index contributed by atoms with van der Waals surface area (Å²) in [5.41, 5.74) is 2.25. The number of hydrogen-bond donors (Lipinski definition) is 1. The number of hydrogen-bond acceptors (Lipinski definition) is 5. The minimum atomic E-state index is 0.698. The van der Waals surface area contributed by atoms with Gasteiger partial charge in [-0.15, -0.1) is 11.3 Å². The molecule has 1 N–H and O–H groups in total. The Bertz CT molecular complexity index is 895. The van der Waals surface area contributed by atoms with Crippen LogP contribution < -0.4 is 5.32 Å². The molecule has 1 fully saturated rings. The van der Waals surface area contributed by atoms with E-state index in [4.69, 9.17) is 4.98 Å². The summed E-state index contributed by atoms with van der Waals surface area (Å²) >= 11 is 1.75. The van der Waals surface area contributed by atoms with Crippen molar-refractivity contribution in [3.63, 3.8) is 0 Å². The van der Waals surface area contributed by atoms with Crippen molar-refractivity contribution in [2.75, 3.05) is 44.6 Å². The predicted octanol–water partition coefficient (Wildman–Crippen LogP) is 4.94. The van der Waals surface area contributed by atoms with Crippen molar-refractivity contribution in [3.05, 3.63) is 29.8 Å². The van der Waals surface area contributed by atoms with Gasteiger partial charge in [-0.25, -0.2) is 4.98 Å². The second kappa shape index (κ2) is 9.92. The van der Waals surface area contributed by atoms with Crippen LogP contribution in [-0.4, -0.2) is 64.5 Å². The van der Waals surface area contributed by atoms with Crippen LogP contribution in [0.15, 0.2) is 29.8 Å². The van der Waals surface area contributed by atoms with E-state index in [0.717, 1.165) is 24.4 Å². The first kappa shape index (κ1) is 20.6. The average molecular weight is 414 g/mol. The minimum absolute atomic E-state index is 0.698. The number of anilines is 1. The predicted molar refractivity (Wildman–Crippen MR) is 125 cm³/mol. The summed E-state index contributed by atoms with van der Waals surface area (Å²) in [4.78, 5) is 11.5. The molecule has 1 atom stereocenters. The third-order valence-corrected chi connectivity index (χ3v) is 6.96. The Hall–Kier alpha value is -1.63. The maximum atomic E-state index is 4.89. The van der Waals surface area contributed by atoms with E-state index in [9.17, 15) is 0 Å². The van der Waals surface area contributed by atoms with E-state index < -0.39 is 0 Å². The Morgan fingerprint density at radius 1 is 1.21 bits per heavy atom. The largest absolute Gasteiger partial charge is 0.367 e. The van der Waals surface area contributed by atoms with Crippen molar-refractivity contribution < 1.29 is 0 Å². The van der Waals surface area contributed by atoms with Crippen LogP contribution in [0.2, 0.25) is 0 Å². The van der Waals surface area contributed by atoms with E-state index in [1.165, 1.54) is 68.6 Å². The summed E-state index contributed by atoms with van der Waals surface area (Å²) < 4.78 is 2.26. The standard InChI is InChI=1S/C23H35N5S/c1-3-12-26(13-4-2)18-19-8-5-6-14-27(19)16-11-24-22-21-9-7-15-28(21)23-20(25-22)10-17-29-23/h7,9-10,15,17,19H,3-6,8,11-14,16,18H2,1-2H3,(H,24,25). The number of piperidine rings is 1. The molecular weight excluding hydrogens is 378 g/mol. The summed E-state index contributed by atoms with van der Waals surface area (Å²) in [6.45, 7) is 11.5. The summed E-state index contributed by atoms with van der Waals surface area (Å²) in [7, 11) is 0. The number of fused-ring (bicyclic) bond motifs is 3. The molecular formula is C23H35N5S. The number of likely N-dealkylation sites (tertiary alicyclic amines) is 1. The third kappa shape index (κ3) is 4.76. The van der Waals surface area contributed by atoms with Gasteiger partial charge in [0.25, 0.3) is 0 Å². The molecule has 29 heavy (non-hydrogen) atoms. The van der Waals surface area contributed by atoms with Gasteiger partial charge in [0.15, 0.2) is 5.82 Å². The van der Waals surface area contributed by atoms with Gasteiger partial charge >= 0.3 is 0 Å². The van der Waals surface area contributed by atoms with Crippen molar-refractivity contribution in [2.45, 2.75) is 52.0 Å². The molecule has 4 rings (SSSR count). The quantitative estimate of drug-likeness (QED) is 0.511. The molecule has 0 radical (unpaired) electrons. The molecule has 1 saturated heterocycles. The van der Waals surface area contributed by atoms with E-state index in [-0.39, 0.29) is 0 Å². The van der Waals surface area contributed by atoms with Crippen LogP contribution in [0, 0.1) is 0 Å². The van der Waals surface area contributed by atoms with Crippen molar-refractivity contribution in [1.29, 1.82) is 0 Å². The highest BCUT2D eigenvalue weighted by molar-refractivity contribution is 7.16. The highest BCUT2D eigenvalue weighted by atomic mass is 32.1. The third-order valence-electron chi connectivity index (χ3n) is 6.06. The van der Waals surface area contributed by atoms with Gasteiger partial charge in [0.1, 0.15) is 10.3 Å². The molecule has 3 aromatic heterocycles. The lowest BCUT2D eigenvalue weighted by atomic mass is 10.0. The fourth-order valence-electron chi connectivity index (χ4n) is 4.72. The van der Waals surface area contributed by atoms with Crippen LogP contribution in [0.3, 0.4) is 0 Å². The fourth-order valence-corrected chi connectivity index (χ4v) is 5.56. The van der Waals surface area contributed by atoms with Crippen LogP contribution in [0.25, 0.3) is 15.9 Å².